The maximum absolute atomic E-state index is 12.1. The Hall–Kier alpha value is -1.84. The van der Waals surface area contributed by atoms with Gasteiger partial charge in [0.15, 0.2) is 0 Å². The summed E-state index contributed by atoms with van der Waals surface area (Å²) in [6.07, 6.45) is 0.248. The molecule has 0 saturated carbocycles. The largest absolute Gasteiger partial charge is 0.466 e. The Morgan fingerprint density at radius 1 is 0.451 bits per heavy atom. The van der Waals surface area contributed by atoms with Gasteiger partial charge < -0.3 is 56.8 Å². The zero-order valence-corrected chi connectivity index (χ0v) is 31.2. The first-order chi connectivity index (χ1) is 25.0. The van der Waals surface area contributed by atoms with Gasteiger partial charge in [-0.3, -0.25) is 8.98 Å². The second-order valence-corrected chi connectivity index (χ2v) is 12.0. The number of benzene rings is 1. The van der Waals surface area contributed by atoms with Gasteiger partial charge in [0.05, 0.1) is 170 Å². The van der Waals surface area contributed by atoms with Gasteiger partial charge in [0, 0.05) is 0 Å². The van der Waals surface area contributed by atoms with Crippen molar-refractivity contribution < 1.29 is 74.2 Å². The predicted octanol–water partition coefficient (Wildman–Crippen LogP) is 1.84. The van der Waals surface area contributed by atoms with Crippen LogP contribution in [0.15, 0.2) is 29.2 Å². The highest BCUT2D eigenvalue weighted by molar-refractivity contribution is 7.86. The maximum atomic E-state index is 12.1. The number of hydrogen-bond donors (Lipinski definition) is 0. The minimum Gasteiger partial charge on any atom is -0.466 e. The molecule has 51 heavy (non-hydrogen) atoms. The van der Waals surface area contributed by atoms with Gasteiger partial charge in [-0.05, 0) is 26.0 Å². The number of esters is 1. The van der Waals surface area contributed by atoms with Gasteiger partial charge in [-0.25, -0.2) is 0 Å². The fourth-order valence-electron chi connectivity index (χ4n) is 3.67. The molecule has 17 heteroatoms. The molecule has 0 amide bonds. The van der Waals surface area contributed by atoms with Crippen LogP contribution in [-0.4, -0.2) is 173 Å². The molecule has 0 spiro atoms. The highest BCUT2D eigenvalue weighted by Crippen LogP contribution is 2.12. The first-order valence-electron chi connectivity index (χ1n) is 17.4. The van der Waals surface area contributed by atoms with E-state index in [9.17, 15) is 13.2 Å². The van der Waals surface area contributed by atoms with Gasteiger partial charge in [-0.1, -0.05) is 17.7 Å². The van der Waals surface area contributed by atoms with Gasteiger partial charge in [0.1, 0.15) is 0 Å². The lowest BCUT2D eigenvalue weighted by Crippen LogP contribution is -2.16. The lowest BCUT2D eigenvalue weighted by Gasteiger charge is -2.09. The molecule has 16 nitrogen and oxygen atoms in total. The van der Waals surface area contributed by atoms with Crippen molar-refractivity contribution in [1.82, 2.24) is 0 Å². The van der Waals surface area contributed by atoms with Crippen LogP contribution in [0, 0.1) is 6.92 Å². The van der Waals surface area contributed by atoms with Gasteiger partial charge >= 0.3 is 5.97 Å². The van der Waals surface area contributed by atoms with E-state index in [4.69, 9.17) is 61.0 Å². The van der Waals surface area contributed by atoms with Gasteiger partial charge in [-0.2, -0.15) is 8.42 Å². The van der Waals surface area contributed by atoms with E-state index in [-0.39, 0.29) is 30.5 Å². The molecule has 0 N–H and O–H groups in total. The fourth-order valence-corrected chi connectivity index (χ4v) is 4.56. The summed E-state index contributed by atoms with van der Waals surface area (Å²) in [5, 5.41) is 0. The second kappa shape index (κ2) is 35.2. The summed E-state index contributed by atoms with van der Waals surface area (Å²) in [4.78, 5) is 11.3. The van der Waals surface area contributed by atoms with Crippen LogP contribution in [0.2, 0.25) is 0 Å². The minimum absolute atomic E-state index is 0.0643. The molecule has 0 aliphatic heterocycles. The van der Waals surface area contributed by atoms with Crippen molar-refractivity contribution in [1.29, 1.82) is 0 Å². The van der Waals surface area contributed by atoms with Gasteiger partial charge in [0.2, 0.25) is 0 Å². The zero-order chi connectivity index (χ0) is 36.9. The van der Waals surface area contributed by atoms with E-state index in [1.54, 1.807) is 19.1 Å². The van der Waals surface area contributed by atoms with Crippen LogP contribution < -0.4 is 0 Å². The summed E-state index contributed by atoms with van der Waals surface area (Å²) in [5.41, 5.74) is 0.972. The molecule has 0 aromatic heterocycles. The smallest absolute Gasteiger partial charge is 0.308 e. The van der Waals surface area contributed by atoms with Crippen LogP contribution in [0.1, 0.15) is 18.9 Å². The highest BCUT2D eigenvalue weighted by Gasteiger charge is 2.14. The number of ether oxygens (including phenoxy) is 12. The maximum Gasteiger partial charge on any atom is 0.308 e. The molecule has 0 atom stereocenters. The fraction of sp³-hybridized carbons (Fsp3) is 0.794. The molecule has 0 radical (unpaired) electrons. The quantitative estimate of drug-likeness (QED) is 0.0541. The van der Waals surface area contributed by atoms with E-state index in [0.29, 0.717) is 145 Å². The number of carbonyl (C=O) groups excluding carboxylic acids is 1. The van der Waals surface area contributed by atoms with Crippen LogP contribution in [0.5, 0.6) is 0 Å². The first-order valence-corrected chi connectivity index (χ1v) is 18.8. The summed E-state index contributed by atoms with van der Waals surface area (Å²) in [6, 6.07) is 6.47. The standard InChI is InChI=1S/C34H60O16S/c1-3-49-34(35)8-9-38-10-11-39-12-13-40-14-15-41-16-17-42-18-19-43-20-21-44-22-23-45-24-25-46-26-27-47-28-29-48-30-31-50-51(36,37)33-6-4-32(2)5-7-33/h4-7H,3,8-31H2,1-2H3. The molecule has 0 fully saturated rings. The Morgan fingerprint density at radius 2 is 0.725 bits per heavy atom. The molecule has 0 aliphatic rings. The Kier molecular flexibility index (Phi) is 32.6. The topological polar surface area (TPSA) is 171 Å². The third-order valence-corrected chi connectivity index (χ3v) is 7.58. The number of rotatable bonds is 39. The van der Waals surface area contributed by atoms with Crippen molar-refractivity contribution in [3.63, 3.8) is 0 Å². The number of aryl methyl sites for hydroxylation is 1. The lowest BCUT2D eigenvalue weighted by molar-refractivity contribution is -0.144. The van der Waals surface area contributed by atoms with Crippen molar-refractivity contribution in [2.75, 3.05) is 159 Å². The summed E-state index contributed by atoms with van der Waals surface area (Å²) in [5.74, 6) is -0.258. The van der Waals surface area contributed by atoms with Gasteiger partial charge in [-0.15, -0.1) is 0 Å². The van der Waals surface area contributed by atoms with Gasteiger partial charge in [0.25, 0.3) is 10.1 Å². The monoisotopic (exact) mass is 756 g/mol. The first kappa shape index (κ1) is 47.2. The van der Waals surface area contributed by atoms with E-state index in [1.807, 2.05) is 6.92 Å². The Labute approximate surface area is 303 Å². The van der Waals surface area contributed by atoms with Crippen molar-refractivity contribution in [2.24, 2.45) is 0 Å². The molecular weight excluding hydrogens is 696 g/mol. The average molecular weight is 757 g/mol. The molecule has 0 unspecified atom stereocenters. The normalized spacial score (nSPS) is 11.7. The summed E-state index contributed by atoms with van der Waals surface area (Å²) >= 11 is 0. The van der Waals surface area contributed by atoms with Crippen LogP contribution >= 0.6 is 0 Å². The van der Waals surface area contributed by atoms with E-state index >= 15 is 0 Å². The van der Waals surface area contributed by atoms with E-state index in [1.165, 1.54) is 12.1 Å². The van der Waals surface area contributed by atoms with Crippen molar-refractivity contribution in [3.05, 3.63) is 29.8 Å². The molecule has 0 saturated heterocycles. The van der Waals surface area contributed by atoms with E-state index in [0.717, 1.165) is 5.56 Å². The molecule has 1 rings (SSSR count). The molecule has 0 bridgehead atoms. The summed E-state index contributed by atoms with van der Waals surface area (Å²) in [6.45, 7) is 13.4. The number of carbonyl (C=O) groups is 1. The third kappa shape index (κ3) is 31.4. The SMILES string of the molecule is CCOC(=O)CCOCCOCCOCCOCCOCCOCCOCCOCCOCCOCCOCCOS(=O)(=O)c1ccc(C)cc1. The van der Waals surface area contributed by atoms with Crippen molar-refractivity contribution in [3.8, 4) is 0 Å². The molecule has 0 aliphatic carbocycles. The predicted molar refractivity (Wildman–Crippen MR) is 185 cm³/mol. The Balaban J connectivity index is 1.67. The van der Waals surface area contributed by atoms with Crippen molar-refractivity contribution >= 4 is 16.1 Å². The zero-order valence-electron chi connectivity index (χ0n) is 30.4. The highest BCUT2D eigenvalue weighted by atomic mass is 32.2. The Bertz CT molecular complexity index is 1010. The third-order valence-electron chi connectivity index (χ3n) is 6.25. The van der Waals surface area contributed by atoms with E-state index < -0.39 is 10.1 Å². The molecule has 0 heterocycles. The van der Waals surface area contributed by atoms with Crippen LogP contribution in [0.4, 0.5) is 0 Å². The average Bonchev–Trinajstić information content (AvgIpc) is 3.11. The molecular formula is C34H60O16S. The summed E-state index contributed by atoms with van der Waals surface area (Å²) < 4.78 is 93.6. The second-order valence-electron chi connectivity index (χ2n) is 10.4. The molecule has 1 aromatic rings. The Morgan fingerprint density at radius 3 is 1.02 bits per heavy atom. The van der Waals surface area contributed by atoms with Crippen molar-refractivity contribution in [2.45, 2.75) is 25.2 Å². The molecule has 298 valence electrons. The van der Waals surface area contributed by atoms with Crippen LogP contribution in [0.3, 0.4) is 0 Å². The minimum atomic E-state index is -3.78. The summed E-state index contributed by atoms with van der Waals surface area (Å²) in [7, 11) is -3.78. The molecule has 1 aromatic carbocycles. The van der Waals surface area contributed by atoms with E-state index in [2.05, 4.69) is 0 Å². The van der Waals surface area contributed by atoms with Crippen LogP contribution in [0.25, 0.3) is 0 Å². The van der Waals surface area contributed by atoms with Crippen LogP contribution in [-0.2, 0) is 75.9 Å². The number of hydrogen-bond acceptors (Lipinski definition) is 16. The lowest BCUT2D eigenvalue weighted by atomic mass is 10.2.